The van der Waals surface area contributed by atoms with Crippen molar-refractivity contribution >= 4 is 20.9 Å². The van der Waals surface area contributed by atoms with Gasteiger partial charge in [-0.15, -0.1) is 0 Å². The maximum Gasteiger partial charge on any atom is 0.221 e. The van der Waals surface area contributed by atoms with E-state index in [0.29, 0.717) is 13.0 Å². The normalized spacial score (nSPS) is 12.4. The summed E-state index contributed by atoms with van der Waals surface area (Å²) in [4.78, 5) is 0. The number of hydrogen-bond acceptors (Lipinski definition) is 4. The maximum atomic E-state index is 12.9. The van der Waals surface area contributed by atoms with Crippen molar-refractivity contribution in [3.8, 4) is 5.75 Å². The van der Waals surface area contributed by atoms with Crippen LogP contribution < -0.4 is 9.46 Å². The average Bonchev–Trinajstić information content (AvgIpc) is 3.09. The van der Waals surface area contributed by atoms with Gasteiger partial charge in [-0.1, -0.05) is 24.3 Å². The minimum absolute atomic E-state index is 0.306. The minimum atomic E-state index is -3.58. The Morgan fingerprint density at radius 3 is 2.73 bits per heavy atom. The number of fused-ring (bicyclic) bond motifs is 1. The molecule has 0 aliphatic rings. The fraction of sp³-hybridized carbons (Fsp3) is 0.316. The van der Waals surface area contributed by atoms with Gasteiger partial charge in [-0.25, -0.2) is 13.1 Å². The van der Waals surface area contributed by atoms with Crippen LogP contribution in [0.3, 0.4) is 0 Å². The van der Waals surface area contributed by atoms with E-state index in [1.165, 1.54) is 0 Å². The highest BCUT2D eigenvalue weighted by molar-refractivity contribution is 7.90. The van der Waals surface area contributed by atoms with Crippen molar-refractivity contribution in [3.05, 3.63) is 59.8 Å². The molecule has 3 aromatic rings. The largest absolute Gasteiger partial charge is 0.496 e. The molecule has 0 aliphatic carbocycles. The number of aromatic nitrogens is 2. The average molecular weight is 373 g/mol. The number of ether oxygens (including phenoxy) is 1. The fourth-order valence-corrected chi connectivity index (χ4v) is 4.05. The van der Waals surface area contributed by atoms with Crippen LogP contribution >= 0.6 is 0 Å². The Morgan fingerprint density at radius 1 is 1.19 bits per heavy atom. The summed E-state index contributed by atoms with van der Waals surface area (Å²) < 4.78 is 32.8. The number of hydrogen-bond donors (Lipinski definition) is 2. The first-order valence-corrected chi connectivity index (χ1v) is 9.88. The van der Waals surface area contributed by atoms with E-state index in [2.05, 4.69) is 14.9 Å². The van der Waals surface area contributed by atoms with Crippen molar-refractivity contribution in [1.29, 1.82) is 0 Å². The van der Waals surface area contributed by atoms with E-state index >= 15 is 0 Å². The number of nitrogens with one attached hydrogen (secondary N) is 2. The molecule has 1 aromatic heterocycles. The molecule has 6 nitrogen and oxygen atoms in total. The molecule has 2 aromatic carbocycles. The predicted molar refractivity (Wildman–Crippen MR) is 103 cm³/mol. The van der Waals surface area contributed by atoms with Crippen LogP contribution in [0, 0.1) is 0 Å². The molecular weight excluding hydrogens is 350 g/mol. The number of nitrogens with zero attached hydrogens (tertiary/aromatic N) is 1. The summed E-state index contributed by atoms with van der Waals surface area (Å²) in [6.45, 7) is 3.72. The number of methoxy groups -OCH3 is 1. The molecule has 0 radical (unpaired) electrons. The molecule has 0 spiro atoms. The van der Waals surface area contributed by atoms with Gasteiger partial charge in [-0.2, -0.15) is 5.10 Å². The first-order valence-electron chi connectivity index (χ1n) is 8.40. The van der Waals surface area contributed by atoms with Crippen molar-refractivity contribution in [3.63, 3.8) is 0 Å². The second-order valence-electron chi connectivity index (χ2n) is 6.64. The monoisotopic (exact) mass is 373 g/mol. The summed E-state index contributed by atoms with van der Waals surface area (Å²) in [5, 5.41) is 7.75. The minimum Gasteiger partial charge on any atom is -0.496 e. The van der Waals surface area contributed by atoms with Gasteiger partial charge in [0.2, 0.25) is 10.0 Å². The van der Waals surface area contributed by atoms with Gasteiger partial charge >= 0.3 is 0 Å². The van der Waals surface area contributed by atoms with Crippen LogP contribution in [0.5, 0.6) is 5.75 Å². The standard InChI is InChI=1S/C19H23N3O3S/c1-19(2,16-8-9-17-15(12-16)13-20-22-17)26(23,24)21-11-10-14-6-4-5-7-18(14)25-3/h4-9,12-13,21H,10-11H2,1-3H3,(H,20,22). The molecule has 2 N–H and O–H groups in total. The van der Waals surface area contributed by atoms with Crippen molar-refractivity contribution < 1.29 is 13.2 Å². The lowest BCUT2D eigenvalue weighted by atomic mass is 10.0. The van der Waals surface area contributed by atoms with Crippen LogP contribution in [-0.2, 0) is 21.2 Å². The highest BCUT2D eigenvalue weighted by atomic mass is 32.2. The van der Waals surface area contributed by atoms with Crippen molar-refractivity contribution in [2.45, 2.75) is 25.0 Å². The molecule has 0 atom stereocenters. The Morgan fingerprint density at radius 2 is 1.96 bits per heavy atom. The number of aromatic amines is 1. The Kier molecular flexibility index (Phi) is 5.02. The zero-order valence-corrected chi connectivity index (χ0v) is 15.9. The second kappa shape index (κ2) is 7.09. The summed E-state index contributed by atoms with van der Waals surface area (Å²) in [5.41, 5.74) is 2.57. The van der Waals surface area contributed by atoms with Crippen LogP contribution in [0.2, 0.25) is 0 Å². The van der Waals surface area contributed by atoms with E-state index in [1.807, 2.05) is 42.5 Å². The van der Waals surface area contributed by atoms with Crippen molar-refractivity contribution in [1.82, 2.24) is 14.9 Å². The van der Waals surface area contributed by atoms with Crippen LogP contribution in [0.4, 0.5) is 0 Å². The molecule has 0 bridgehead atoms. The zero-order valence-electron chi connectivity index (χ0n) is 15.1. The van der Waals surface area contributed by atoms with E-state index in [0.717, 1.165) is 27.8 Å². The van der Waals surface area contributed by atoms with Gasteiger partial charge in [-0.05, 0) is 49.6 Å². The first-order chi connectivity index (χ1) is 12.3. The molecule has 3 rings (SSSR count). The molecule has 0 saturated carbocycles. The summed E-state index contributed by atoms with van der Waals surface area (Å²) in [6.07, 6.45) is 2.25. The molecule has 26 heavy (non-hydrogen) atoms. The Hall–Kier alpha value is -2.38. The highest BCUT2D eigenvalue weighted by Crippen LogP contribution is 2.30. The molecule has 1 heterocycles. The highest BCUT2D eigenvalue weighted by Gasteiger charge is 2.36. The van der Waals surface area contributed by atoms with E-state index in [1.54, 1.807) is 27.2 Å². The summed E-state index contributed by atoms with van der Waals surface area (Å²) in [7, 11) is -1.97. The van der Waals surface area contributed by atoms with Gasteiger partial charge in [0, 0.05) is 11.9 Å². The van der Waals surface area contributed by atoms with E-state index in [9.17, 15) is 8.42 Å². The quantitative estimate of drug-likeness (QED) is 0.667. The number of sulfonamides is 1. The van der Waals surface area contributed by atoms with E-state index in [4.69, 9.17) is 4.74 Å². The number of benzene rings is 2. The van der Waals surface area contributed by atoms with E-state index < -0.39 is 14.8 Å². The summed E-state index contributed by atoms with van der Waals surface area (Å²) in [6, 6.07) is 13.1. The van der Waals surface area contributed by atoms with Gasteiger partial charge in [0.25, 0.3) is 0 Å². The van der Waals surface area contributed by atoms with Gasteiger partial charge in [-0.3, -0.25) is 5.10 Å². The topological polar surface area (TPSA) is 84.1 Å². The number of rotatable bonds is 7. The second-order valence-corrected chi connectivity index (χ2v) is 8.96. The lowest BCUT2D eigenvalue weighted by molar-refractivity contribution is 0.409. The number of H-pyrrole nitrogens is 1. The lowest BCUT2D eigenvalue weighted by Gasteiger charge is -2.26. The summed E-state index contributed by atoms with van der Waals surface area (Å²) >= 11 is 0. The molecule has 0 saturated heterocycles. The Balaban J connectivity index is 1.75. The third kappa shape index (κ3) is 3.45. The van der Waals surface area contributed by atoms with Crippen LogP contribution in [0.25, 0.3) is 10.9 Å². The molecule has 0 aliphatic heterocycles. The molecule has 0 fully saturated rings. The SMILES string of the molecule is COc1ccccc1CCNS(=O)(=O)C(C)(C)c1ccc2[nH]ncc2c1. The van der Waals surface area contributed by atoms with Crippen molar-refractivity contribution in [2.24, 2.45) is 0 Å². The van der Waals surface area contributed by atoms with Crippen LogP contribution in [0.1, 0.15) is 25.0 Å². The Labute approximate surface area is 153 Å². The van der Waals surface area contributed by atoms with Crippen molar-refractivity contribution in [2.75, 3.05) is 13.7 Å². The Bertz CT molecular complexity index is 1010. The van der Waals surface area contributed by atoms with E-state index in [-0.39, 0.29) is 0 Å². The molecule has 138 valence electrons. The van der Waals surface area contributed by atoms with Crippen LogP contribution in [0.15, 0.2) is 48.7 Å². The molecule has 7 heteroatoms. The lowest BCUT2D eigenvalue weighted by Crippen LogP contribution is -2.40. The third-order valence-corrected chi connectivity index (χ3v) is 6.85. The molecule has 0 unspecified atom stereocenters. The summed E-state index contributed by atoms with van der Waals surface area (Å²) in [5.74, 6) is 0.761. The van der Waals surface area contributed by atoms with Gasteiger partial charge < -0.3 is 4.74 Å². The van der Waals surface area contributed by atoms with Gasteiger partial charge in [0.15, 0.2) is 0 Å². The smallest absolute Gasteiger partial charge is 0.221 e. The zero-order chi connectivity index (χ0) is 18.8. The molecular formula is C19H23N3O3S. The fourth-order valence-electron chi connectivity index (χ4n) is 2.88. The third-order valence-electron chi connectivity index (χ3n) is 4.69. The number of para-hydroxylation sites is 1. The maximum absolute atomic E-state index is 12.9. The van der Waals surface area contributed by atoms with Gasteiger partial charge in [0.1, 0.15) is 10.5 Å². The molecule has 0 amide bonds. The first kappa shape index (κ1) is 18.4. The van der Waals surface area contributed by atoms with Crippen LogP contribution in [-0.4, -0.2) is 32.3 Å². The predicted octanol–water partition coefficient (Wildman–Crippen LogP) is 2.97. The van der Waals surface area contributed by atoms with Gasteiger partial charge in [0.05, 0.1) is 18.8 Å².